The van der Waals surface area contributed by atoms with Gasteiger partial charge < -0.3 is 0 Å². The van der Waals surface area contributed by atoms with Gasteiger partial charge in [-0.2, -0.15) is 0 Å². The van der Waals surface area contributed by atoms with Crippen LogP contribution in [0.2, 0.25) is 0 Å². The third-order valence-electron chi connectivity index (χ3n) is 4.75. The van der Waals surface area contributed by atoms with Crippen molar-refractivity contribution in [1.82, 2.24) is 0 Å². The fourth-order valence-corrected chi connectivity index (χ4v) is 3.13. The molecular formula is C15H30. The van der Waals surface area contributed by atoms with Crippen LogP contribution in [-0.4, -0.2) is 0 Å². The number of hydrogen-bond donors (Lipinski definition) is 0. The van der Waals surface area contributed by atoms with Crippen LogP contribution in [0.3, 0.4) is 0 Å². The molecule has 0 nitrogen and oxygen atoms in total. The molecule has 1 aliphatic carbocycles. The zero-order chi connectivity index (χ0) is 11.6. The van der Waals surface area contributed by atoms with E-state index < -0.39 is 0 Å². The fraction of sp³-hybridized carbons (Fsp3) is 1.00. The Morgan fingerprint density at radius 2 is 1.67 bits per heavy atom. The predicted molar refractivity (Wildman–Crippen MR) is 68.8 cm³/mol. The minimum absolute atomic E-state index is 0.863. The van der Waals surface area contributed by atoms with E-state index in [-0.39, 0.29) is 0 Å². The third-order valence-corrected chi connectivity index (χ3v) is 4.75. The topological polar surface area (TPSA) is 0 Å². The van der Waals surface area contributed by atoms with Crippen molar-refractivity contribution in [2.45, 2.75) is 60.8 Å². The first kappa shape index (κ1) is 13.1. The first-order valence-corrected chi connectivity index (χ1v) is 6.97. The molecule has 0 spiro atoms. The van der Waals surface area contributed by atoms with E-state index in [2.05, 4.69) is 41.5 Å². The average molecular weight is 210 g/mol. The standard InChI is InChI=1S/C15H30/c1-7-11(4)8-14(10(2)3)13(6)15-9-12(15)5/h10-15H,7-9H2,1-6H3. The van der Waals surface area contributed by atoms with Crippen molar-refractivity contribution in [1.29, 1.82) is 0 Å². The average Bonchev–Trinajstić information content (AvgIpc) is 2.90. The SMILES string of the molecule is CCC(C)CC(C(C)C)C(C)C1CC1C. The quantitative estimate of drug-likeness (QED) is 0.579. The molecule has 0 aromatic carbocycles. The van der Waals surface area contributed by atoms with Gasteiger partial charge in [0.1, 0.15) is 0 Å². The van der Waals surface area contributed by atoms with Gasteiger partial charge in [-0.05, 0) is 48.3 Å². The predicted octanol–water partition coefficient (Wildman–Crippen LogP) is 4.99. The Morgan fingerprint density at radius 1 is 1.13 bits per heavy atom. The van der Waals surface area contributed by atoms with Gasteiger partial charge in [0.05, 0.1) is 0 Å². The van der Waals surface area contributed by atoms with Crippen molar-refractivity contribution < 1.29 is 0 Å². The molecule has 1 aliphatic rings. The lowest BCUT2D eigenvalue weighted by Gasteiger charge is -2.30. The zero-order valence-corrected chi connectivity index (χ0v) is 11.6. The summed E-state index contributed by atoms with van der Waals surface area (Å²) >= 11 is 0. The van der Waals surface area contributed by atoms with Gasteiger partial charge in [-0.15, -0.1) is 0 Å². The largest absolute Gasteiger partial charge is 0.0651 e. The Bertz CT molecular complexity index is 182. The number of hydrogen-bond acceptors (Lipinski definition) is 0. The van der Waals surface area contributed by atoms with E-state index in [1.165, 1.54) is 19.3 Å². The zero-order valence-electron chi connectivity index (χ0n) is 11.6. The summed E-state index contributed by atoms with van der Waals surface area (Å²) in [6.07, 6.45) is 4.28. The molecule has 0 aromatic rings. The second-order valence-electron chi connectivity index (χ2n) is 6.39. The van der Waals surface area contributed by atoms with Crippen LogP contribution in [0, 0.1) is 35.5 Å². The highest BCUT2D eigenvalue weighted by Crippen LogP contribution is 2.49. The molecule has 90 valence electrons. The monoisotopic (exact) mass is 210 g/mol. The van der Waals surface area contributed by atoms with Gasteiger partial charge in [-0.25, -0.2) is 0 Å². The van der Waals surface area contributed by atoms with Gasteiger partial charge in [-0.3, -0.25) is 0 Å². The van der Waals surface area contributed by atoms with Crippen molar-refractivity contribution >= 4 is 0 Å². The van der Waals surface area contributed by atoms with Crippen molar-refractivity contribution in [2.24, 2.45) is 35.5 Å². The van der Waals surface area contributed by atoms with Crippen molar-refractivity contribution in [3.63, 3.8) is 0 Å². The van der Waals surface area contributed by atoms with E-state index in [0.717, 1.165) is 35.5 Å². The van der Waals surface area contributed by atoms with Crippen molar-refractivity contribution in [2.75, 3.05) is 0 Å². The van der Waals surface area contributed by atoms with Gasteiger partial charge >= 0.3 is 0 Å². The normalized spacial score (nSPS) is 31.4. The summed E-state index contributed by atoms with van der Waals surface area (Å²) in [5, 5.41) is 0. The summed E-state index contributed by atoms with van der Waals surface area (Å²) in [7, 11) is 0. The minimum Gasteiger partial charge on any atom is -0.0651 e. The van der Waals surface area contributed by atoms with E-state index in [1.807, 2.05) is 0 Å². The van der Waals surface area contributed by atoms with E-state index in [4.69, 9.17) is 0 Å². The van der Waals surface area contributed by atoms with E-state index >= 15 is 0 Å². The van der Waals surface area contributed by atoms with Crippen LogP contribution in [0.1, 0.15) is 60.8 Å². The highest BCUT2D eigenvalue weighted by molar-refractivity contribution is 4.90. The minimum atomic E-state index is 0.863. The highest BCUT2D eigenvalue weighted by atomic mass is 14.5. The van der Waals surface area contributed by atoms with E-state index in [9.17, 15) is 0 Å². The lowest BCUT2D eigenvalue weighted by Crippen LogP contribution is -2.22. The van der Waals surface area contributed by atoms with Gasteiger partial charge in [0, 0.05) is 0 Å². The van der Waals surface area contributed by atoms with Crippen molar-refractivity contribution in [3.05, 3.63) is 0 Å². The van der Waals surface area contributed by atoms with Crippen LogP contribution in [0.5, 0.6) is 0 Å². The summed E-state index contributed by atoms with van der Waals surface area (Å²) in [5.41, 5.74) is 0. The van der Waals surface area contributed by atoms with Crippen molar-refractivity contribution in [3.8, 4) is 0 Å². The molecule has 0 heterocycles. The van der Waals surface area contributed by atoms with Crippen LogP contribution in [-0.2, 0) is 0 Å². The third kappa shape index (κ3) is 3.50. The maximum Gasteiger partial charge on any atom is -0.0357 e. The van der Waals surface area contributed by atoms with Gasteiger partial charge in [0.2, 0.25) is 0 Å². The smallest absolute Gasteiger partial charge is 0.0357 e. The Labute approximate surface area is 96.8 Å². The Balaban J connectivity index is 2.49. The second kappa shape index (κ2) is 5.37. The fourth-order valence-electron chi connectivity index (χ4n) is 3.13. The van der Waals surface area contributed by atoms with Crippen LogP contribution in [0.15, 0.2) is 0 Å². The van der Waals surface area contributed by atoms with Crippen LogP contribution < -0.4 is 0 Å². The maximum atomic E-state index is 2.50. The highest BCUT2D eigenvalue weighted by Gasteiger charge is 2.41. The molecule has 0 aliphatic heterocycles. The van der Waals surface area contributed by atoms with E-state index in [1.54, 1.807) is 0 Å². The second-order valence-corrected chi connectivity index (χ2v) is 6.39. The van der Waals surface area contributed by atoms with Crippen LogP contribution in [0.4, 0.5) is 0 Å². The molecular weight excluding hydrogens is 180 g/mol. The first-order valence-electron chi connectivity index (χ1n) is 6.97. The maximum absolute atomic E-state index is 2.50. The van der Waals surface area contributed by atoms with Gasteiger partial charge in [0.15, 0.2) is 0 Å². The molecule has 5 unspecified atom stereocenters. The summed E-state index contributed by atoms with van der Waals surface area (Å²) in [6, 6.07) is 0. The molecule has 0 N–H and O–H groups in total. The molecule has 1 saturated carbocycles. The Morgan fingerprint density at radius 3 is 2.00 bits per heavy atom. The Kier molecular flexibility index (Phi) is 4.67. The molecule has 1 fully saturated rings. The van der Waals surface area contributed by atoms with Gasteiger partial charge in [0.25, 0.3) is 0 Å². The molecule has 0 saturated heterocycles. The molecule has 0 amide bonds. The first-order chi connectivity index (χ1) is 6.97. The molecule has 1 rings (SSSR count). The lowest BCUT2D eigenvalue weighted by atomic mass is 9.76. The molecule has 0 heteroatoms. The molecule has 0 aromatic heterocycles. The summed E-state index contributed by atoms with van der Waals surface area (Å²) in [4.78, 5) is 0. The summed E-state index contributed by atoms with van der Waals surface area (Å²) in [6.45, 7) is 14.5. The lowest BCUT2D eigenvalue weighted by molar-refractivity contribution is 0.195. The van der Waals surface area contributed by atoms with Crippen LogP contribution in [0.25, 0.3) is 0 Å². The molecule has 15 heavy (non-hydrogen) atoms. The van der Waals surface area contributed by atoms with E-state index in [0.29, 0.717) is 0 Å². The van der Waals surface area contributed by atoms with Crippen LogP contribution >= 0.6 is 0 Å². The Hall–Kier alpha value is 0. The molecule has 0 bridgehead atoms. The van der Waals surface area contributed by atoms with Gasteiger partial charge in [-0.1, -0.05) is 48.0 Å². The summed E-state index contributed by atoms with van der Waals surface area (Å²) in [5.74, 6) is 5.74. The molecule has 0 radical (unpaired) electrons. The molecule has 5 atom stereocenters. The summed E-state index contributed by atoms with van der Waals surface area (Å²) < 4.78 is 0. The number of rotatable bonds is 6.